The molecule has 0 saturated heterocycles. The molecule has 1 aromatic carbocycles. The van der Waals surface area contributed by atoms with E-state index in [4.69, 9.17) is 23.2 Å². The van der Waals surface area contributed by atoms with Crippen molar-refractivity contribution in [2.45, 2.75) is 76.5 Å². The zero-order valence-electron chi connectivity index (χ0n) is 21.6. The summed E-state index contributed by atoms with van der Waals surface area (Å²) < 4.78 is 12.8. The van der Waals surface area contributed by atoms with Gasteiger partial charge in [0.1, 0.15) is 17.8 Å². The quantitative estimate of drug-likeness (QED) is 0.349. The summed E-state index contributed by atoms with van der Waals surface area (Å²) in [5, 5.41) is 20.1. The highest BCUT2D eigenvalue weighted by Gasteiger charge is 2.60. The molecule has 0 bridgehead atoms. The SMILES string of the molecule is CC(C)(C)C[C@H]1NC(C(=O)N[C@H]2C[C@@](C)(O)C2)=C(C/C=C\C=C(\Cl)CF)[C@@]12C(=O)Nc1cc(Cl)ccc12. The number of aliphatic hydroxyl groups is 1. The van der Waals surface area contributed by atoms with Gasteiger partial charge in [-0.2, -0.15) is 0 Å². The molecule has 2 heterocycles. The first-order chi connectivity index (χ1) is 17.3. The third-order valence-electron chi connectivity index (χ3n) is 7.25. The number of hydrogen-bond donors (Lipinski definition) is 4. The minimum atomic E-state index is -1.14. The summed E-state index contributed by atoms with van der Waals surface area (Å²) in [6.45, 7) is 7.25. The molecule has 9 heteroatoms. The van der Waals surface area contributed by atoms with Gasteiger partial charge in [0.2, 0.25) is 5.91 Å². The number of nitrogens with one attached hydrogen (secondary N) is 3. The minimum absolute atomic E-state index is 0.0590. The van der Waals surface area contributed by atoms with Crippen molar-refractivity contribution in [3.8, 4) is 0 Å². The number of halogens is 3. The van der Waals surface area contributed by atoms with Crippen LogP contribution in [0.25, 0.3) is 0 Å². The molecule has 0 radical (unpaired) electrons. The molecule has 3 aliphatic rings. The molecule has 1 aromatic rings. The van der Waals surface area contributed by atoms with Gasteiger partial charge >= 0.3 is 0 Å². The van der Waals surface area contributed by atoms with Crippen LogP contribution < -0.4 is 16.0 Å². The molecule has 200 valence electrons. The van der Waals surface area contributed by atoms with Crippen LogP contribution in [0.15, 0.2) is 52.7 Å². The van der Waals surface area contributed by atoms with Crippen LogP contribution in [0.5, 0.6) is 0 Å². The normalized spacial score (nSPS) is 29.4. The van der Waals surface area contributed by atoms with E-state index in [0.717, 1.165) is 5.56 Å². The van der Waals surface area contributed by atoms with Crippen LogP contribution in [-0.2, 0) is 15.0 Å². The summed E-state index contributed by atoms with van der Waals surface area (Å²) >= 11 is 12.1. The number of rotatable bonds is 7. The second kappa shape index (κ2) is 10.1. The van der Waals surface area contributed by atoms with Gasteiger partial charge in [0, 0.05) is 27.8 Å². The number of benzene rings is 1. The van der Waals surface area contributed by atoms with Crippen molar-refractivity contribution >= 4 is 40.7 Å². The van der Waals surface area contributed by atoms with E-state index in [1.165, 1.54) is 6.08 Å². The van der Waals surface area contributed by atoms with Crippen molar-refractivity contribution in [1.82, 2.24) is 10.6 Å². The van der Waals surface area contributed by atoms with Gasteiger partial charge in [-0.05, 0) is 67.4 Å². The summed E-state index contributed by atoms with van der Waals surface area (Å²) in [6.07, 6.45) is 6.67. The van der Waals surface area contributed by atoms with Crippen LogP contribution in [0.2, 0.25) is 5.02 Å². The Labute approximate surface area is 227 Å². The lowest BCUT2D eigenvalue weighted by Crippen LogP contribution is -2.54. The number of hydrogen-bond acceptors (Lipinski definition) is 4. The first kappa shape index (κ1) is 27.7. The number of anilines is 1. The molecule has 0 unspecified atom stereocenters. The highest BCUT2D eigenvalue weighted by molar-refractivity contribution is 6.31. The van der Waals surface area contributed by atoms with Crippen LogP contribution in [-0.4, -0.2) is 41.3 Å². The highest BCUT2D eigenvalue weighted by Crippen LogP contribution is 2.53. The van der Waals surface area contributed by atoms with Gasteiger partial charge in [-0.15, -0.1) is 0 Å². The Balaban J connectivity index is 1.82. The Morgan fingerprint density at radius 2 is 2.03 bits per heavy atom. The van der Waals surface area contributed by atoms with Crippen LogP contribution >= 0.6 is 23.2 Å². The van der Waals surface area contributed by atoms with Crippen molar-refractivity contribution in [1.29, 1.82) is 0 Å². The molecule has 4 N–H and O–H groups in total. The zero-order chi connectivity index (χ0) is 27.2. The maximum Gasteiger partial charge on any atom is 0.267 e. The zero-order valence-corrected chi connectivity index (χ0v) is 23.1. The minimum Gasteiger partial charge on any atom is -0.390 e. The maximum absolute atomic E-state index is 13.9. The average Bonchev–Trinajstić information content (AvgIpc) is 3.23. The molecular formula is C28H34Cl2FN3O3. The Kier molecular flexibility index (Phi) is 7.54. The number of carbonyl (C=O) groups excluding carboxylic acids is 2. The van der Waals surface area contributed by atoms with E-state index >= 15 is 0 Å². The van der Waals surface area contributed by atoms with Gasteiger partial charge in [0.25, 0.3) is 5.91 Å². The fraction of sp³-hybridized carbons (Fsp3) is 0.500. The summed E-state index contributed by atoms with van der Waals surface area (Å²) in [5.41, 5.74) is 0.284. The second-order valence-electron chi connectivity index (χ2n) is 11.7. The summed E-state index contributed by atoms with van der Waals surface area (Å²) in [6, 6.07) is 4.78. The molecule has 2 atom stereocenters. The molecule has 1 spiro atoms. The molecule has 0 aromatic heterocycles. The lowest BCUT2D eigenvalue weighted by atomic mass is 9.66. The van der Waals surface area contributed by atoms with Gasteiger partial charge in [-0.3, -0.25) is 9.59 Å². The Morgan fingerprint density at radius 3 is 2.65 bits per heavy atom. The Bertz CT molecular complexity index is 1190. The Morgan fingerprint density at radius 1 is 1.32 bits per heavy atom. The summed E-state index contributed by atoms with van der Waals surface area (Å²) in [5.74, 6) is -0.533. The average molecular weight is 551 g/mol. The fourth-order valence-electron chi connectivity index (χ4n) is 5.78. The molecule has 37 heavy (non-hydrogen) atoms. The van der Waals surface area contributed by atoms with E-state index in [2.05, 4.69) is 36.7 Å². The monoisotopic (exact) mass is 549 g/mol. The van der Waals surface area contributed by atoms with Gasteiger partial charge in [0.15, 0.2) is 0 Å². The third-order valence-corrected chi connectivity index (χ3v) is 7.71. The predicted octanol–water partition coefficient (Wildman–Crippen LogP) is 5.26. The van der Waals surface area contributed by atoms with Gasteiger partial charge < -0.3 is 21.1 Å². The number of amides is 2. The van der Waals surface area contributed by atoms with Crippen molar-refractivity contribution in [2.24, 2.45) is 5.41 Å². The van der Waals surface area contributed by atoms with E-state index in [9.17, 15) is 19.1 Å². The molecule has 2 amide bonds. The van der Waals surface area contributed by atoms with E-state index in [1.54, 1.807) is 31.2 Å². The third kappa shape index (κ3) is 5.45. The summed E-state index contributed by atoms with van der Waals surface area (Å²) in [4.78, 5) is 27.5. The maximum atomic E-state index is 13.9. The van der Waals surface area contributed by atoms with E-state index in [1.807, 2.05) is 6.07 Å². The number of allylic oxidation sites excluding steroid dienone is 4. The molecule has 1 aliphatic carbocycles. The first-order valence-corrected chi connectivity index (χ1v) is 13.2. The second-order valence-corrected chi connectivity index (χ2v) is 12.6. The van der Waals surface area contributed by atoms with Crippen molar-refractivity contribution < 1.29 is 19.1 Å². The lowest BCUT2D eigenvalue weighted by molar-refractivity contribution is -0.122. The molecule has 4 rings (SSSR count). The molecule has 6 nitrogen and oxygen atoms in total. The molecule has 1 fully saturated rings. The van der Waals surface area contributed by atoms with E-state index in [0.29, 0.717) is 41.2 Å². The summed E-state index contributed by atoms with van der Waals surface area (Å²) in [7, 11) is 0. The van der Waals surface area contributed by atoms with Crippen molar-refractivity contribution in [2.75, 3.05) is 12.0 Å². The van der Waals surface area contributed by atoms with Crippen molar-refractivity contribution in [3.63, 3.8) is 0 Å². The molecule has 1 saturated carbocycles. The number of carbonyl (C=O) groups is 2. The molecule has 2 aliphatic heterocycles. The first-order valence-electron chi connectivity index (χ1n) is 12.5. The fourth-order valence-corrected chi connectivity index (χ4v) is 6.02. The standard InChI is InChI=1S/C28H34Cl2FN3O3/c1-26(2,3)14-22-28(19-10-9-16(29)11-21(19)33-25(28)36)20(8-6-5-7-17(30)15-31)23(34-22)24(35)32-18-12-27(4,37)13-18/h5-7,9-11,18,22,34,37H,8,12-15H2,1-4H3,(H,32,35)(H,33,36)/b6-5-,17-7+/t18-,22-,27+,28-/m1/s1. The highest BCUT2D eigenvalue weighted by atomic mass is 35.5. The lowest BCUT2D eigenvalue weighted by Gasteiger charge is -2.41. The largest absolute Gasteiger partial charge is 0.390 e. The van der Waals surface area contributed by atoms with Crippen LogP contribution in [0.4, 0.5) is 10.1 Å². The van der Waals surface area contributed by atoms with Gasteiger partial charge in [-0.1, -0.05) is 62.2 Å². The van der Waals surface area contributed by atoms with Crippen LogP contribution in [0, 0.1) is 5.41 Å². The van der Waals surface area contributed by atoms with E-state index in [-0.39, 0.29) is 34.7 Å². The van der Waals surface area contributed by atoms with Crippen LogP contribution in [0.3, 0.4) is 0 Å². The van der Waals surface area contributed by atoms with Gasteiger partial charge in [0.05, 0.1) is 5.60 Å². The number of fused-ring (bicyclic) bond motifs is 2. The van der Waals surface area contributed by atoms with Gasteiger partial charge in [-0.25, -0.2) is 4.39 Å². The van der Waals surface area contributed by atoms with E-state index < -0.39 is 23.7 Å². The topological polar surface area (TPSA) is 90.5 Å². The van der Waals surface area contributed by atoms with Crippen LogP contribution in [0.1, 0.15) is 58.9 Å². The number of alkyl halides is 1. The predicted molar refractivity (Wildman–Crippen MR) is 145 cm³/mol. The van der Waals surface area contributed by atoms with Crippen molar-refractivity contribution in [3.05, 3.63) is 63.3 Å². The smallest absolute Gasteiger partial charge is 0.267 e. The Hall–Kier alpha value is -2.35. The molecular weight excluding hydrogens is 516 g/mol.